The van der Waals surface area contributed by atoms with Crippen LogP contribution in [0.15, 0.2) is 18.2 Å². The maximum Gasteiger partial charge on any atom is 0.250 e. The molecule has 1 aromatic rings. The van der Waals surface area contributed by atoms with Gasteiger partial charge in [-0.25, -0.2) is 0 Å². The Labute approximate surface area is 107 Å². The van der Waals surface area contributed by atoms with Crippen molar-refractivity contribution in [1.82, 2.24) is 0 Å². The lowest BCUT2D eigenvalue weighted by atomic mass is 10.1. The predicted octanol–water partition coefficient (Wildman–Crippen LogP) is 1.60. The van der Waals surface area contributed by atoms with Crippen molar-refractivity contribution in [1.29, 1.82) is 0 Å². The van der Waals surface area contributed by atoms with Crippen molar-refractivity contribution >= 4 is 17.3 Å². The van der Waals surface area contributed by atoms with Gasteiger partial charge in [0.05, 0.1) is 5.56 Å². The number of primary amides is 1. The highest BCUT2D eigenvalue weighted by Gasteiger charge is 2.06. The van der Waals surface area contributed by atoms with Gasteiger partial charge in [-0.15, -0.1) is 0 Å². The van der Waals surface area contributed by atoms with Crippen LogP contribution in [0.25, 0.3) is 0 Å². The van der Waals surface area contributed by atoms with Crippen LogP contribution >= 0.6 is 0 Å². The topological polar surface area (TPSA) is 90.4 Å². The van der Waals surface area contributed by atoms with E-state index in [2.05, 4.69) is 12.2 Å². The number of anilines is 2. The molecule has 0 atom stereocenters. The van der Waals surface area contributed by atoms with Gasteiger partial charge in [0.15, 0.2) is 0 Å². The molecule has 18 heavy (non-hydrogen) atoms. The molecule has 1 aromatic carbocycles. The van der Waals surface area contributed by atoms with E-state index in [4.69, 9.17) is 16.2 Å². The summed E-state index contributed by atoms with van der Waals surface area (Å²) < 4.78 is 5.37. The molecule has 5 nitrogen and oxygen atoms in total. The van der Waals surface area contributed by atoms with Crippen LogP contribution in [0, 0.1) is 0 Å². The molecular weight excluding hydrogens is 230 g/mol. The molecule has 0 bridgehead atoms. The van der Waals surface area contributed by atoms with Crippen LogP contribution in [-0.4, -0.2) is 25.7 Å². The number of benzene rings is 1. The minimum absolute atomic E-state index is 0.349. The van der Waals surface area contributed by atoms with Gasteiger partial charge in [-0.1, -0.05) is 6.92 Å². The highest BCUT2D eigenvalue weighted by atomic mass is 16.5. The molecule has 5 N–H and O–H groups in total. The van der Waals surface area contributed by atoms with E-state index in [1.165, 1.54) is 0 Å². The van der Waals surface area contributed by atoms with Gasteiger partial charge < -0.3 is 21.5 Å². The van der Waals surface area contributed by atoms with Crippen molar-refractivity contribution in [3.05, 3.63) is 23.8 Å². The van der Waals surface area contributed by atoms with Gasteiger partial charge in [0.2, 0.25) is 0 Å². The molecule has 0 aliphatic rings. The van der Waals surface area contributed by atoms with Crippen LogP contribution in [0.5, 0.6) is 0 Å². The Balaban J connectivity index is 2.38. The maximum atomic E-state index is 11.1. The fourth-order valence-electron chi connectivity index (χ4n) is 1.53. The van der Waals surface area contributed by atoms with Crippen molar-refractivity contribution in [3.8, 4) is 0 Å². The molecule has 0 fully saturated rings. The Morgan fingerprint density at radius 3 is 2.83 bits per heavy atom. The third-order valence-corrected chi connectivity index (χ3v) is 2.46. The average molecular weight is 251 g/mol. The van der Waals surface area contributed by atoms with Crippen molar-refractivity contribution in [2.24, 2.45) is 5.73 Å². The molecular formula is C13H21N3O2. The molecule has 0 unspecified atom stereocenters. The summed E-state index contributed by atoms with van der Waals surface area (Å²) >= 11 is 0. The number of nitrogens with two attached hydrogens (primary N) is 2. The Morgan fingerprint density at radius 1 is 1.39 bits per heavy atom. The standard InChI is InChI=1S/C13H21N3O2/c1-2-7-18-8-3-6-16-10-4-5-12(14)11(9-10)13(15)17/h4-5,9,16H,2-3,6-8,14H2,1H3,(H2,15,17). The third-order valence-electron chi connectivity index (χ3n) is 2.46. The number of carbonyl (C=O) groups is 1. The zero-order valence-electron chi connectivity index (χ0n) is 10.7. The summed E-state index contributed by atoms with van der Waals surface area (Å²) in [6.45, 7) is 4.40. The highest BCUT2D eigenvalue weighted by molar-refractivity contribution is 5.98. The van der Waals surface area contributed by atoms with E-state index in [1.54, 1.807) is 12.1 Å². The first kappa shape index (κ1) is 14.3. The van der Waals surface area contributed by atoms with E-state index in [0.717, 1.165) is 38.3 Å². The van der Waals surface area contributed by atoms with Gasteiger partial charge in [-0.2, -0.15) is 0 Å². The highest BCUT2D eigenvalue weighted by Crippen LogP contribution is 2.17. The summed E-state index contributed by atoms with van der Waals surface area (Å²) in [5.41, 5.74) is 12.5. The lowest BCUT2D eigenvalue weighted by Gasteiger charge is -2.09. The van der Waals surface area contributed by atoms with Crippen LogP contribution in [0.1, 0.15) is 30.1 Å². The van der Waals surface area contributed by atoms with Crippen molar-refractivity contribution in [3.63, 3.8) is 0 Å². The number of carbonyl (C=O) groups excluding carboxylic acids is 1. The summed E-state index contributed by atoms with van der Waals surface area (Å²) in [4.78, 5) is 11.1. The van der Waals surface area contributed by atoms with Crippen LogP contribution in [0.2, 0.25) is 0 Å². The molecule has 0 spiro atoms. The Kier molecular flexibility index (Phi) is 6.00. The van der Waals surface area contributed by atoms with E-state index in [-0.39, 0.29) is 0 Å². The molecule has 0 aliphatic carbocycles. The lowest BCUT2D eigenvalue weighted by molar-refractivity contribution is 0.100. The van der Waals surface area contributed by atoms with Crippen LogP contribution in [0.3, 0.4) is 0 Å². The van der Waals surface area contributed by atoms with Crippen molar-refractivity contribution in [2.45, 2.75) is 19.8 Å². The number of ether oxygens (including phenoxy) is 1. The fourth-order valence-corrected chi connectivity index (χ4v) is 1.53. The number of hydrogen-bond acceptors (Lipinski definition) is 4. The molecule has 1 rings (SSSR count). The second-order valence-electron chi connectivity index (χ2n) is 4.06. The van der Waals surface area contributed by atoms with Crippen LogP contribution < -0.4 is 16.8 Å². The van der Waals surface area contributed by atoms with Gasteiger partial charge in [-0.05, 0) is 31.0 Å². The Morgan fingerprint density at radius 2 is 2.17 bits per heavy atom. The lowest BCUT2D eigenvalue weighted by Crippen LogP contribution is -2.14. The monoisotopic (exact) mass is 251 g/mol. The summed E-state index contributed by atoms with van der Waals surface area (Å²) in [6.07, 6.45) is 1.95. The molecule has 0 aliphatic heterocycles. The largest absolute Gasteiger partial charge is 0.398 e. The third kappa shape index (κ3) is 4.63. The van der Waals surface area contributed by atoms with Gasteiger partial charge in [-0.3, -0.25) is 4.79 Å². The smallest absolute Gasteiger partial charge is 0.250 e. The van der Waals surface area contributed by atoms with E-state index in [1.807, 2.05) is 6.07 Å². The Bertz CT molecular complexity index is 394. The number of nitrogens with one attached hydrogen (secondary N) is 1. The van der Waals surface area contributed by atoms with E-state index >= 15 is 0 Å². The summed E-state index contributed by atoms with van der Waals surface area (Å²) in [5, 5.41) is 3.20. The minimum atomic E-state index is -0.512. The average Bonchev–Trinajstić information content (AvgIpc) is 2.35. The molecule has 5 heteroatoms. The van der Waals surface area contributed by atoms with Gasteiger partial charge in [0.25, 0.3) is 5.91 Å². The predicted molar refractivity (Wildman–Crippen MR) is 73.6 cm³/mol. The first-order valence-electron chi connectivity index (χ1n) is 6.16. The van der Waals surface area contributed by atoms with Gasteiger partial charge in [0.1, 0.15) is 0 Å². The summed E-state index contributed by atoms with van der Waals surface area (Å²) in [6, 6.07) is 5.18. The van der Waals surface area contributed by atoms with Crippen LogP contribution in [-0.2, 0) is 4.74 Å². The second-order valence-corrected chi connectivity index (χ2v) is 4.06. The van der Waals surface area contributed by atoms with E-state index in [0.29, 0.717) is 11.3 Å². The van der Waals surface area contributed by atoms with Crippen molar-refractivity contribution in [2.75, 3.05) is 30.8 Å². The van der Waals surface area contributed by atoms with Gasteiger partial charge in [0, 0.05) is 31.1 Å². The minimum Gasteiger partial charge on any atom is -0.398 e. The SMILES string of the molecule is CCCOCCCNc1ccc(N)c(C(N)=O)c1. The van der Waals surface area contributed by atoms with Crippen molar-refractivity contribution < 1.29 is 9.53 Å². The van der Waals surface area contributed by atoms with E-state index in [9.17, 15) is 4.79 Å². The quantitative estimate of drug-likeness (QED) is 0.483. The normalized spacial score (nSPS) is 10.3. The first-order valence-corrected chi connectivity index (χ1v) is 6.16. The molecule has 100 valence electrons. The first-order chi connectivity index (χ1) is 8.65. The summed E-state index contributed by atoms with van der Waals surface area (Å²) in [7, 11) is 0. The second kappa shape index (κ2) is 7.55. The Hall–Kier alpha value is -1.75. The number of rotatable bonds is 8. The number of nitrogen functional groups attached to an aromatic ring is 1. The fraction of sp³-hybridized carbons (Fsp3) is 0.462. The molecule has 1 amide bonds. The zero-order valence-corrected chi connectivity index (χ0v) is 10.7. The molecule has 0 aromatic heterocycles. The molecule has 0 heterocycles. The molecule has 0 saturated heterocycles. The maximum absolute atomic E-state index is 11.1. The van der Waals surface area contributed by atoms with Gasteiger partial charge >= 0.3 is 0 Å². The van der Waals surface area contributed by atoms with Crippen LogP contribution in [0.4, 0.5) is 11.4 Å². The number of hydrogen-bond donors (Lipinski definition) is 3. The zero-order chi connectivity index (χ0) is 13.4. The number of amides is 1. The molecule has 0 saturated carbocycles. The van der Waals surface area contributed by atoms with E-state index < -0.39 is 5.91 Å². The molecule has 0 radical (unpaired) electrons. The summed E-state index contributed by atoms with van der Waals surface area (Å²) in [5.74, 6) is -0.512.